The molecule has 0 aromatic heterocycles. The normalized spacial score (nSPS) is 10.2. The topological polar surface area (TPSA) is 24.1 Å². The number of hydrazine groups is 1. The molecule has 17 heavy (non-hydrogen) atoms. The van der Waals surface area contributed by atoms with Gasteiger partial charge in [0.1, 0.15) is 0 Å². The molecule has 0 heterocycles. The highest BCUT2D eigenvalue weighted by Crippen LogP contribution is 2.21. The zero-order valence-corrected chi connectivity index (χ0v) is 11.4. The van der Waals surface area contributed by atoms with Gasteiger partial charge in [-0.25, -0.2) is 5.43 Å². The van der Waals surface area contributed by atoms with Crippen molar-refractivity contribution in [2.45, 2.75) is 6.54 Å². The second-order valence-corrected chi connectivity index (χ2v) is 4.90. The predicted octanol–water partition coefficient (Wildman–Crippen LogP) is 4.22. The third-order valence-electron chi connectivity index (χ3n) is 2.30. The lowest BCUT2D eigenvalue weighted by Crippen LogP contribution is -2.20. The lowest BCUT2D eigenvalue weighted by molar-refractivity contribution is 0.801. The van der Waals surface area contributed by atoms with Crippen molar-refractivity contribution in [2.75, 3.05) is 5.43 Å². The van der Waals surface area contributed by atoms with E-state index in [9.17, 15) is 0 Å². The highest BCUT2D eigenvalue weighted by molar-refractivity contribution is 9.10. The van der Waals surface area contributed by atoms with Crippen molar-refractivity contribution in [3.63, 3.8) is 0 Å². The first-order valence-corrected chi connectivity index (χ1v) is 6.40. The van der Waals surface area contributed by atoms with E-state index in [2.05, 4.69) is 26.8 Å². The summed E-state index contributed by atoms with van der Waals surface area (Å²) >= 11 is 9.49. The molecule has 0 aliphatic heterocycles. The fraction of sp³-hybridized carbons (Fsp3) is 0.0769. The molecule has 2 nitrogen and oxygen atoms in total. The highest BCUT2D eigenvalue weighted by Gasteiger charge is 2.00. The summed E-state index contributed by atoms with van der Waals surface area (Å²) in [4.78, 5) is 0. The van der Waals surface area contributed by atoms with Crippen LogP contribution in [-0.4, -0.2) is 0 Å². The average Bonchev–Trinajstić information content (AvgIpc) is 2.33. The molecule has 0 atom stereocenters. The Kier molecular flexibility index (Phi) is 4.42. The standard InChI is InChI=1S/C13H12BrClN2/c14-11-7-6-10(13(15)8-11)9-16-17-12-4-2-1-3-5-12/h1-8,16-17H,9H2. The SMILES string of the molecule is Clc1cc(Br)ccc1CNNc1ccccc1. The molecule has 0 aliphatic carbocycles. The molecular weight excluding hydrogens is 300 g/mol. The Balaban J connectivity index is 1.90. The summed E-state index contributed by atoms with van der Waals surface area (Å²) in [5.41, 5.74) is 8.33. The van der Waals surface area contributed by atoms with Gasteiger partial charge < -0.3 is 5.43 Å². The molecule has 0 aliphatic rings. The summed E-state index contributed by atoms with van der Waals surface area (Å²) in [5.74, 6) is 0. The molecule has 4 heteroatoms. The van der Waals surface area contributed by atoms with Crippen LogP contribution in [0.1, 0.15) is 5.56 Å². The van der Waals surface area contributed by atoms with Crippen molar-refractivity contribution in [3.8, 4) is 0 Å². The van der Waals surface area contributed by atoms with E-state index in [1.807, 2.05) is 48.5 Å². The van der Waals surface area contributed by atoms with Gasteiger partial charge in [-0.15, -0.1) is 0 Å². The fourth-order valence-corrected chi connectivity index (χ4v) is 2.17. The minimum absolute atomic E-state index is 0.668. The molecule has 88 valence electrons. The van der Waals surface area contributed by atoms with Gasteiger partial charge in [-0.05, 0) is 29.8 Å². The van der Waals surface area contributed by atoms with E-state index >= 15 is 0 Å². The number of nitrogens with one attached hydrogen (secondary N) is 2. The monoisotopic (exact) mass is 310 g/mol. The number of halogens is 2. The number of para-hydroxylation sites is 1. The molecule has 0 spiro atoms. The van der Waals surface area contributed by atoms with Crippen LogP contribution in [0.4, 0.5) is 5.69 Å². The van der Waals surface area contributed by atoms with Gasteiger partial charge in [0.25, 0.3) is 0 Å². The maximum Gasteiger partial charge on any atom is 0.0487 e. The summed E-state index contributed by atoms with van der Waals surface area (Å²) in [5, 5.41) is 0.752. The molecule has 2 N–H and O–H groups in total. The molecule has 0 bridgehead atoms. The van der Waals surface area contributed by atoms with Gasteiger partial charge >= 0.3 is 0 Å². The van der Waals surface area contributed by atoms with Crippen LogP contribution in [-0.2, 0) is 6.54 Å². The van der Waals surface area contributed by atoms with Crippen molar-refractivity contribution < 1.29 is 0 Å². The Labute approximate surface area is 114 Å². The molecule has 0 radical (unpaired) electrons. The first-order chi connectivity index (χ1) is 8.25. The summed E-state index contributed by atoms with van der Waals surface area (Å²) in [6.07, 6.45) is 0. The quantitative estimate of drug-likeness (QED) is 0.826. The molecule has 0 amide bonds. The van der Waals surface area contributed by atoms with E-state index < -0.39 is 0 Å². The van der Waals surface area contributed by atoms with Crippen LogP contribution in [0.2, 0.25) is 5.02 Å². The van der Waals surface area contributed by atoms with Crippen molar-refractivity contribution in [3.05, 3.63) is 63.6 Å². The zero-order valence-electron chi connectivity index (χ0n) is 9.08. The van der Waals surface area contributed by atoms with Crippen molar-refractivity contribution in [1.29, 1.82) is 0 Å². The Bertz CT molecular complexity index is 488. The summed E-state index contributed by atoms with van der Waals surface area (Å²) in [7, 11) is 0. The fourth-order valence-electron chi connectivity index (χ4n) is 1.43. The Morgan fingerprint density at radius 2 is 1.82 bits per heavy atom. The smallest absolute Gasteiger partial charge is 0.0487 e. The van der Waals surface area contributed by atoms with Crippen LogP contribution < -0.4 is 10.9 Å². The van der Waals surface area contributed by atoms with Crippen LogP contribution in [0, 0.1) is 0 Å². The van der Waals surface area contributed by atoms with E-state index in [1.165, 1.54) is 0 Å². The highest BCUT2D eigenvalue weighted by atomic mass is 79.9. The Morgan fingerprint density at radius 1 is 1.06 bits per heavy atom. The molecule has 0 saturated heterocycles. The Morgan fingerprint density at radius 3 is 2.53 bits per heavy atom. The largest absolute Gasteiger partial charge is 0.321 e. The maximum absolute atomic E-state index is 6.11. The van der Waals surface area contributed by atoms with Gasteiger partial charge in [0.2, 0.25) is 0 Å². The van der Waals surface area contributed by atoms with Crippen LogP contribution in [0.5, 0.6) is 0 Å². The van der Waals surface area contributed by atoms with E-state index in [0.717, 1.165) is 20.7 Å². The summed E-state index contributed by atoms with van der Waals surface area (Å²) in [6, 6.07) is 15.8. The van der Waals surface area contributed by atoms with Crippen molar-refractivity contribution in [2.24, 2.45) is 0 Å². The van der Waals surface area contributed by atoms with E-state index in [1.54, 1.807) is 0 Å². The van der Waals surface area contributed by atoms with Gasteiger partial charge in [0.15, 0.2) is 0 Å². The van der Waals surface area contributed by atoms with E-state index in [0.29, 0.717) is 6.54 Å². The van der Waals surface area contributed by atoms with Gasteiger partial charge in [0.05, 0.1) is 0 Å². The van der Waals surface area contributed by atoms with E-state index in [4.69, 9.17) is 11.6 Å². The molecule has 0 fully saturated rings. The van der Waals surface area contributed by atoms with E-state index in [-0.39, 0.29) is 0 Å². The van der Waals surface area contributed by atoms with Crippen LogP contribution in [0.15, 0.2) is 53.0 Å². The zero-order chi connectivity index (χ0) is 12.1. The number of rotatable bonds is 4. The molecule has 2 aromatic rings. The third kappa shape index (κ3) is 3.73. The molecule has 2 rings (SSSR count). The van der Waals surface area contributed by atoms with Gasteiger partial charge in [-0.1, -0.05) is 51.8 Å². The predicted molar refractivity (Wildman–Crippen MR) is 76.1 cm³/mol. The first-order valence-electron chi connectivity index (χ1n) is 5.23. The lowest BCUT2D eigenvalue weighted by Gasteiger charge is -2.09. The van der Waals surface area contributed by atoms with Crippen LogP contribution in [0.25, 0.3) is 0 Å². The average molecular weight is 312 g/mol. The second-order valence-electron chi connectivity index (χ2n) is 3.58. The van der Waals surface area contributed by atoms with Crippen LogP contribution in [0.3, 0.4) is 0 Å². The van der Waals surface area contributed by atoms with Crippen LogP contribution >= 0.6 is 27.5 Å². The third-order valence-corrected chi connectivity index (χ3v) is 3.15. The van der Waals surface area contributed by atoms with Crippen molar-refractivity contribution >= 4 is 33.2 Å². The number of benzene rings is 2. The number of hydrogen-bond donors (Lipinski definition) is 2. The summed E-state index contributed by atoms with van der Waals surface area (Å²) in [6.45, 7) is 0.668. The first kappa shape index (κ1) is 12.4. The number of anilines is 1. The molecule has 0 unspecified atom stereocenters. The van der Waals surface area contributed by atoms with Crippen molar-refractivity contribution in [1.82, 2.24) is 5.43 Å². The Hall–Kier alpha value is -1.03. The van der Waals surface area contributed by atoms with Gasteiger partial charge in [-0.2, -0.15) is 0 Å². The summed E-state index contributed by atoms with van der Waals surface area (Å²) < 4.78 is 0.988. The minimum Gasteiger partial charge on any atom is -0.321 e. The molecular formula is C13H12BrClN2. The molecule has 2 aromatic carbocycles. The number of hydrogen-bond acceptors (Lipinski definition) is 2. The minimum atomic E-state index is 0.668. The maximum atomic E-state index is 6.11. The van der Waals surface area contributed by atoms with Gasteiger partial charge in [-0.3, -0.25) is 0 Å². The molecule has 0 saturated carbocycles. The lowest BCUT2D eigenvalue weighted by atomic mass is 10.2. The second kappa shape index (κ2) is 6.05. The van der Waals surface area contributed by atoms with Gasteiger partial charge in [0, 0.05) is 21.7 Å².